The Bertz CT molecular complexity index is 6160. The lowest BCUT2D eigenvalue weighted by Gasteiger charge is -2.16. The number of halogens is 2. The Hall–Kier alpha value is -12.6. The van der Waals surface area contributed by atoms with E-state index in [4.69, 9.17) is 58.6 Å². The summed E-state index contributed by atoms with van der Waals surface area (Å²) >= 11 is 17.6. The Morgan fingerprint density at radius 1 is 0.580 bits per heavy atom. The molecule has 1 atom stereocenters. The number of rotatable bonds is 22. The van der Waals surface area contributed by atoms with Crippen LogP contribution in [0.15, 0.2) is 188 Å². The van der Waals surface area contributed by atoms with Crippen LogP contribution in [0.5, 0.6) is 23.0 Å². The molecule has 0 saturated carbocycles. The molecular formula is C74H66Cl2N18O18S7. The van der Waals surface area contributed by atoms with Crippen molar-refractivity contribution in [2.75, 3.05) is 54.5 Å². The van der Waals surface area contributed by atoms with Gasteiger partial charge >= 0.3 is 30.1 Å². The highest BCUT2D eigenvalue weighted by molar-refractivity contribution is 8.19. The Labute approximate surface area is 709 Å². The predicted molar refractivity (Wildman–Crippen MR) is 457 cm³/mol. The molecule has 0 aliphatic carbocycles. The van der Waals surface area contributed by atoms with Gasteiger partial charge in [-0.15, -0.1) is 63.2 Å². The molecule has 1 unspecified atom stereocenters. The number of anilines is 4. The van der Waals surface area contributed by atoms with Crippen LogP contribution in [-0.4, -0.2) is 133 Å². The highest BCUT2D eigenvalue weighted by Gasteiger charge is 2.24. The maximum Gasteiger partial charge on any atom is 0.411 e. The number of aromatic nitrogens is 4. The maximum absolute atomic E-state index is 12.3. The molecule has 0 bridgehead atoms. The average Bonchev–Trinajstić information content (AvgIpc) is 1.60. The number of nitrogens with two attached hydrogens (primary N) is 1. The van der Waals surface area contributed by atoms with Crippen molar-refractivity contribution in [3.8, 4) is 23.0 Å². The van der Waals surface area contributed by atoms with Gasteiger partial charge in [-0.2, -0.15) is 13.1 Å². The first-order chi connectivity index (χ1) is 56.8. The minimum atomic E-state index is -3.90. The number of hydrogen-bond acceptors (Lipinski definition) is 35. The molecule has 12 rings (SSSR count). The number of ether oxygens (including phenoxy) is 5. The van der Waals surface area contributed by atoms with Crippen LogP contribution in [0.25, 0.3) is 37.6 Å². The number of fused-ring (bicyclic) bond motifs is 3. The molecule has 1 aliphatic heterocycles. The van der Waals surface area contributed by atoms with Crippen molar-refractivity contribution in [3.63, 3.8) is 0 Å². The second kappa shape index (κ2) is 42.0. The highest BCUT2D eigenvalue weighted by atomic mass is 35.5. The van der Waals surface area contributed by atoms with Crippen LogP contribution >= 0.6 is 91.6 Å². The number of phenolic OH excluding ortho intramolecular Hbond substituents is 4. The summed E-state index contributed by atoms with van der Waals surface area (Å²) in [4.78, 5) is 87.0. The van der Waals surface area contributed by atoms with E-state index < -0.39 is 56.4 Å². The van der Waals surface area contributed by atoms with Gasteiger partial charge in [0, 0.05) is 51.9 Å². The number of amides is 4. The lowest BCUT2D eigenvalue weighted by Crippen LogP contribution is -2.18. The summed E-state index contributed by atoms with van der Waals surface area (Å²) in [7, 11) is -2.24. The van der Waals surface area contributed by atoms with E-state index in [2.05, 4.69) is 84.5 Å². The normalized spacial score (nSPS) is 12.4. The summed E-state index contributed by atoms with van der Waals surface area (Å²) in [6, 6.07) is 27.8. The summed E-state index contributed by atoms with van der Waals surface area (Å²) in [6.45, 7) is 18.7. The molecule has 616 valence electrons. The third-order valence-corrected chi connectivity index (χ3v) is 22.6. The number of esters is 3. The van der Waals surface area contributed by atoms with E-state index in [1.54, 1.807) is 76.4 Å². The monoisotopic (exact) mass is 1790 g/mol. The van der Waals surface area contributed by atoms with Crippen molar-refractivity contribution in [1.82, 2.24) is 17.5 Å². The number of sulfonamides is 1. The number of azo groups is 4. The van der Waals surface area contributed by atoms with Crippen LogP contribution in [-0.2, 0) is 52.9 Å². The van der Waals surface area contributed by atoms with Gasteiger partial charge in [-0.1, -0.05) is 47.5 Å². The number of nitrogens with zero attached hydrogens (tertiary/aromatic N) is 13. The molecule has 0 saturated heterocycles. The molecule has 4 amide bonds. The maximum atomic E-state index is 12.3. The van der Waals surface area contributed by atoms with Crippen LogP contribution in [0.1, 0.15) is 57.6 Å². The summed E-state index contributed by atoms with van der Waals surface area (Å²) in [5.74, 6) is -2.87. The second-order valence-corrected chi connectivity index (χ2v) is 32.1. The lowest BCUT2D eigenvalue weighted by molar-refractivity contribution is -0.140. The van der Waals surface area contributed by atoms with Gasteiger partial charge in [-0.3, -0.25) is 25.0 Å². The van der Waals surface area contributed by atoms with Crippen molar-refractivity contribution in [3.05, 3.63) is 165 Å². The Balaban J connectivity index is 0.000000182. The quantitative estimate of drug-likeness (QED) is 0.00579. The molecule has 0 spiro atoms. The predicted octanol–water partition coefficient (Wildman–Crippen LogP) is 20.3. The number of aryl methyl sites for hydroxylation is 1. The lowest BCUT2D eigenvalue weighted by atomic mass is 10.1. The number of methoxy groups -OCH3 is 2. The number of carbonyl (C=O) groups excluding carboxylic acids is 7. The van der Waals surface area contributed by atoms with Gasteiger partial charge in [-0.25, -0.2) is 42.0 Å². The van der Waals surface area contributed by atoms with Gasteiger partial charge < -0.3 is 54.7 Å². The number of phenols is 4. The zero-order valence-corrected chi connectivity index (χ0v) is 70.6. The zero-order valence-electron chi connectivity index (χ0n) is 63.4. The van der Waals surface area contributed by atoms with Crippen molar-refractivity contribution in [2.24, 2.45) is 46.1 Å². The van der Waals surface area contributed by atoms with Gasteiger partial charge in [0.25, 0.3) is 0 Å². The molecule has 4 aromatic heterocycles. The third-order valence-electron chi connectivity index (χ3n) is 15.0. The zero-order chi connectivity index (χ0) is 86.4. The number of carbonyl (C=O) groups is 7. The molecule has 119 heavy (non-hydrogen) atoms. The van der Waals surface area contributed by atoms with Gasteiger partial charge in [0.05, 0.1) is 116 Å². The highest BCUT2D eigenvalue weighted by Crippen LogP contribution is 2.49. The number of allylic oxidation sites excluding steroid dienone is 3. The molecule has 10 N–H and O–H groups in total. The summed E-state index contributed by atoms with van der Waals surface area (Å²) < 4.78 is 64.7. The standard InChI is InChI=1S/C20H15ClN4O5S3.C20H19N5O6S.C17H14ClN3O3S2.C17H18N6O4S/c1-30-20(27)17-4-2-3-7-32(17)18-10-16(26)13(21)9-15(18)23-24-19-12-8-11(33(22,28)29)5-6-14(12)25-31-19;1-4-31-20(29)22-14-9-17(27)16(21-10(2)26)8-15(14)23-24-18-12-7-11(19(28)30-3)5-6-13(12)25-32-18;1-2-24-16(23)9-25-15-8-14(22)11(18)7-13(15)19-20-17-10-5-3-4-6-12(10)21-26-17;1-8(2)27-17(26)20-11-7-14(25)13(19-10(4)24)6-12(11)21-22-16-15(18-5)9(3)23-28-16/h2-10,26H,1H3,(H2,22,28,29);5-9,27H,4H2,1-3H3,(H,21,26)(H,22,29);3-8,22H,2,9H2,1H3;6-8,25H,1-4H3,(H,19,24)(H,20,26). The number of primary sulfonamides is 1. The number of thioether (sulfide) groups is 1. The first-order valence-electron chi connectivity index (χ1n) is 34.1. The summed E-state index contributed by atoms with van der Waals surface area (Å²) in [5.41, 5.74) is 4.63. The van der Waals surface area contributed by atoms with Gasteiger partial charge in [0.2, 0.25) is 27.5 Å². The van der Waals surface area contributed by atoms with E-state index >= 15 is 0 Å². The Morgan fingerprint density at radius 2 is 1.09 bits per heavy atom. The molecule has 0 fully saturated rings. The van der Waals surface area contributed by atoms with Gasteiger partial charge in [0.15, 0.2) is 20.0 Å². The molecule has 7 aromatic carbocycles. The van der Waals surface area contributed by atoms with E-state index in [0.29, 0.717) is 85.7 Å². The van der Waals surface area contributed by atoms with Crippen LogP contribution < -0.4 is 26.4 Å². The van der Waals surface area contributed by atoms with E-state index in [0.717, 1.165) is 45.5 Å². The number of hydrogen-bond donors (Lipinski definition) is 9. The van der Waals surface area contributed by atoms with Crippen molar-refractivity contribution in [1.29, 1.82) is 0 Å². The molecule has 0 radical (unpaired) electrons. The van der Waals surface area contributed by atoms with E-state index in [1.165, 1.54) is 118 Å². The first-order valence-corrected chi connectivity index (χ1v) is 41.8. The average molecular weight is 1790 g/mol. The van der Waals surface area contributed by atoms with Crippen molar-refractivity contribution >= 4 is 253 Å². The summed E-state index contributed by atoms with van der Waals surface area (Å²) in [6.07, 6.45) is 3.27. The topological polar surface area (TPSA) is 510 Å². The minimum Gasteiger partial charge on any atom is -0.506 e. The van der Waals surface area contributed by atoms with Gasteiger partial charge in [-0.05, 0) is 177 Å². The first kappa shape index (κ1) is 90.3. The Morgan fingerprint density at radius 3 is 1.66 bits per heavy atom. The molecule has 1 aliphatic rings. The molecule has 36 nitrogen and oxygen atoms in total. The van der Waals surface area contributed by atoms with Crippen LogP contribution in [0.3, 0.4) is 0 Å². The van der Waals surface area contributed by atoms with Crippen LogP contribution in [0.4, 0.5) is 80.8 Å². The molecular weight excluding hydrogens is 1720 g/mol. The molecule has 5 heterocycles. The molecule has 45 heteroatoms. The SMILES string of the molecule is CCOC(=O)CSc1cc(O)c(Cl)cc1N=Nc1snc2ccccc12.CCOC(=O)Nc1cc(O)c(NC(C)=O)cc1N=Nc1snc2ccc(C(=O)OC)cc12.COC(=O)C1=CC=CC=S1c1cc(O)c(Cl)cc1N=Nc1snc2ccc(S(N)(=O)=O)cc12.[C-]#[N+]c1c(C)nsc1N=Nc1cc(NC(C)=O)c(O)cc1NC(=O)OC(C)C. The van der Waals surface area contributed by atoms with Crippen LogP contribution in [0.2, 0.25) is 10.0 Å². The van der Waals surface area contributed by atoms with Crippen molar-refractivity contribution < 1.29 is 86.1 Å². The van der Waals surface area contributed by atoms with Crippen molar-refractivity contribution in [2.45, 2.75) is 69.3 Å². The minimum absolute atomic E-state index is 0.0538. The smallest absolute Gasteiger partial charge is 0.411 e. The number of nitrogens with one attached hydrogen (secondary N) is 4. The molecule has 11 aromatic rings. The van der Waals surface area contributed by atoms with E-state index in [1.807, 2.05) is 24.3 Å². The fourth-order valence-corrected chi connectivity index (χ4v) is 15.9. The number of aromatic hydroxyl groups is 4. The second-order valence-electron chi connectivity index (χ2n) is 23.8. The van der Waals surface area contributed by atoms with Crippen LogP contribution in [0, 0.1) is 13.5 Å². The van der Waals surface area contributed by atoms with E-state index in [9.17, 15) is 62.4 Å². The largest absolute Gasteiger partial charge is 0.506 e. The third kappa shape index (κ3) is 24.5. The van der Waals surface area contributed by atoms with E-state index in [-0.39, 0.29) is 102 Å². The fraction of sp³-hybridized carbons (Fsp3) is 0.176. The van der Waals surface area contributed by atoms with Gasteiger partial charge in [0.1, 0.15) is 45.7 Å². The fourth-order valence-electron chi connectivity index (χ4n) is 9.74. The summed E-state index contributed by atoms with van der Waals surface area (Å²) in [5, 5.41) is 94.6. The Kier molecular flexibility index (Phi) is 31.8. The number of benzene rings is 7.